The number of nitrogens with zero attached hydrogens (tertiary/aromatic N) is 7. The van der Waals surface area contributed by atoms with E-state index in [-0.39, 0.29) is 115 Å². The second kappa shape index (κ2) is 55.1. The number of benzene rings is 7. The molecule has 2 N–H and O–H groups in total. The number of halogens is 11. The molecule has 0 atom stereocenters. The molecule has 0 radical (unpaired) electrons. The molecular formula is C87H70Cl8F3N7O36SSn. The van der Waals surface area contributed by atoms with Crippen molar-refractivity contribution < 1.29 is 131 Å². The summed E-state index contributed by atoms with van der Waals surface area (Å²) >= 11 is 42.2. The van der Waals surface area contributed by atoms with E-state index in [1.807, 2.05) is 0 Å². The van der Waals surface area contributed by atoms with Crippen LogP contribution in [-0.4, -0.2) is 119 Å². The van der Waals surface area contributed by atoms with E-state index in [9.17, 15) is 140 Å². The molecule has 0 bridgehead atoms. The van der Waals surface area contributed by atoms with Crippen molar-refractivity contribution in [3.05, 3.63) is 352 Å². The zero-order valence-corrected chi connectivity index (χ0v) is 83.6. The van der Waals surface area contributed by atoms with Crippen LogP contribution in [0.25, 0.3) is 45.3 Å². The molecule has 11 rings (SSSR count). The van der Waals surface area contributed by atoms with Crippen molar-refractivity contribution in [3.63, 3.8) is 0 Å². The van der Waals surface area contributed by atoms with Crippen LogP contribution in [0, 0.1) is 70.8 Å². The fourth-order valence-corrected chi connectivity index (χ4v) is 29.8. The van der Waals surface area contributed by atoms with Crippen molar-refractivity contribution >= 4 is 199 Å². The Balaban J connectivity index is 0.000000299. The third-order valence-corrected chi connectivity index (χ3v) is 36.9. The third kappa shape index (κ3) is 35.3. The van der Waals surface area contributed by atoms with Crippen molar-refractivity contribution in [2.45, 2.75) is 98.4 Å². The first-order chi connectivity index (χ1) is 67.0. The van der Waals surface area contributed by atoms with Gasteiger partial charge < -0.3 is 41.9 Å². The average molecular weight is 2280 g/mol. The molecule has 11 aromatic rings. The Labute approximate surface area is 844 Å². The predicted molar refractivity (Wildman–Crippen MR) is 514 cm³/mol. The number of hydrogen-bond donors (Lipinski definition) is 2. The number of carbonyl (C=O) groups excluding carboxylic acids is 5. The van der Waals surface area contributed by atoms with E-state index in [1.54, 1.807) is 6.26 Å². The number of Topliss-reactive ketones (excluding diaryl/α,β-unsaturated/α-hetero) is 2. The predicted octanol–water partition coefficient (Wildman–Crippen LogP) is 22.4. The molecule has 0 saturated heterocycles. The van der Waals surface area contributed by atoms with Gasteiger partial charge in [-0.15, -0.1) is 0 Å². The molecule has 756 valence electrons. The number of allylic oxidation sites excluding steroid dienone is 1. The quantitative estimate of drug-likeness (QED) is 0.00338. The van der Waals surface area contributed by atoms with Crippen LogP contribution < -0.4 is 34.2 Å². The van der Waals surface area contributed by atoms with E-state index in [2.05, 4.69) is 39.2 Å². The number of carboxylic acids is 1. The van der Waals surface area contributed by atoms with Crippen molar-refractivity contribution in [1.29, 1.82) is 0 Å². The number of aromatic hydroxyl groups is 1. The number of rotatable bonds is 32. The van der Waals surface area contributed by atoms with Crippen molar-refractivity contribution in [2.75, 3.05) is 7.11 Å². The summed E-state index contributed by atoms with van der Waals surface area (Å²) in [6, 6.07) is 29.7. The van der Waals surface area contributed by atoms with Crippen LogP contribution >= 0.6 is 92.8 Å². The van der Waals surface area contributed by atoms with E-state index >= 15 is 0 Å². The standard InChI is InChI=1S/C14H12ClNO7.C13H8ClNO6.C12H5ClF3NO7S.C11H6ClNO5.C11H5ClNO4.C7H3Cl2NO3.C7H4ClNO4.3C4H9.Sn/c1-8(17)23-14(7-22-2)13(19)6-12(18)10-5-9(15)3-4-11(10)16(20)21;1-7(16)21-13-6-20-12(5-11(13)17)9-4-8(14)2-3-10(9)15(18)19;13-6-1-2-8(17(19)20)7(3-6)10-4-9(18)11(5-23-10)24-25(21,22)12(14,15)16;12-6-1-2-8(13(16)17)7(3-6)11-4-9(14)10(15)5-18-11;12-7-1-2-10(13(15)16)9(5-7)11-6-8(14)3-4-17-11;8-4-1-2-6(10(12)13)5(3-4)7(9)11;8-4-1-2-6(9(12)13)5(3-4)7(10)11;3*1-3-4-2;/h3-5,7H,6H2,1-2H3;2-6H,1H3;1-5H;1-5,15H;1-2,4-6H;1-3H;1-3H,(H,10,11);3*1,3-4H2,2H3;/b14-7-;;;;;;;;;;. The van der Waals surface area contributed by atoms with Gasteiger partial charge in [0, 0.05) is 98.6 Å². The zero-order valence-electron chi connectivity index (χ0n) is 73.9. The molecule has 0 unspecified atom stereocenters. The van der Waals surface area contributed by atoms with Crippen LogP contribution in [0.4, 0.5) is 53.0 Å². The van der Waals surface area contributed by atoms with E-state index in [4.69, 9.17) is 121 Å². The number of alkyl halides is 3. The monoisotopic (exact) mass is 2280 g/mol. The fraction of sp³-hybridized carbons (Fsp3) is 0.195. The van der Waals surface area contributed by atoms with Crippen LogP contribution in [0.3, 0.4) is 0 Å². The molecule has 4 aromatic heterocycles. The molecule has 0 saturated carbocycles. The first-order valence-corrected chi connectivity index (χ1v) is 51.8. The van der Waals surface area contributed by atoms with Crippen LogP contribution in [0.5, 0.6) is 17.2 Å². The number of unbranched alkanes of at least 4 members (excludes halogenated alkanes) is 3. The maximum absolute atomic E-state index is 13.3. The Hall–Kier alpha value is -14.4. The van der Waals surface area contributed by atoms with Crippen LogP contribution in [-0.2, 0) is 34.0 Å². The number of nitro benzene ring substituents is 7. The number of ketones is 2. The van der Waals surface area contributed by atoms with E-state index in [1.165, 1.54) is 92.0 Å². The number of aromatic carboxylic acids is 1. The second-order valence-electron chi connectivity index (χ2n) is 28.5. The van der Waals surface area contributed by atoms with Gasteiger partial charge >= 0.3 is 222 Å². The number of esters is 2. The second-order valence-corrected chi connectivity index (χ2v) is 46.5. The smallest absolute Gasteiger partial charge is 0.502 e. The van der Waals surface area contributed by atoms with Gasteiger partial charge in [0.15, 0.2) is 11.5 Å². The normalized spacial score (nSPS) is 10.8. The Bertz CT molecular complexity index is 7030. The first kappa shape index (κ1) is 119. The van der Waals surface area contributed by atoms with Gasteiger partial charge in [-0.05, 0) is 84.4 Å². The first-order valence-electron chi connectivity index (χ1n) is 39.9. The molecule has 0 aliphatic heterocycles. The molecule has 56 heteroatoms. The van der Waals surface area contributed by atoms with E-state index in [0.29, 0.717) is 17.4 Å². The summed E-state index contributed by atoms with van der Waals surface area (Å²) in [5.74, 6) is -7.41. The van der Waals surface area contributed by atoms with Gasteiger partial charge in [-0.25, -0.2) is 4.79 Å². The van der Waals surface area contributed by atoms with E-state index in [0.717, 1.165) is 149 Å². The van der Waals surface area contributed by atoms with Crippen LogP contribution in [0.1, 0.15) is 111 Å². The summed E-state index contributed by atoms with van der Waals surface area (Å²) in [5, 5.41) is 94.1. The number of methoxy groups -OCH3 is 1. The summed E-state index contributed by atoms with van der Waals surface area (Å²) in [6.45, 7) is 8.79. The largest absolute Gasteiger partial charge is 0.534 e. The SMILES string of the molecule is CC(=O)Oc1coc(-c2cc(Cl)ccc2[N+](=O)[O-])cc1=O.CCC[CH2][Sn]([CH2]CCC)([CH2]CCC)[c]1coc(-c2cc(Cl)ccc2[N+](=O)[O-])cc1=O.CO/C=C(\OC(C)=O)C(=O)CC(=O)c1cc(Cl)ccc1[N+](=O)[O-].O=C(Cl)c1cc(Cl)ccc1[N+](=O)[O-].O=C(O)c1cc(Cl)ccc1[N+](=O)[O-].O=c1cc(-c2cc(Cl)ccc2[N+](=O)[O-])occ1O.O=c1cc(-c2cc(Cl)ccc2[N+](=O)[O-])occ1OS(=O)(=O)C(F)(F)F. The fourth-order valence-electron chi connectivity index (χ4n) is 12.1. The number of carboxylic acid groups (broad SMARTS) is 1. The average Bonchev–Trinajstić information content (AvgIpc) is 0.777. The number of carbonyl (C=O) groups is 6. The number of nitro groups is 7. The van der Waals surface area contributed by atoms with E-state index < -0.39 is 172 Å². The van der Waals surface area contributed by atoms with Gasteiger partial charge in [0.1, 0.15) is 53.5 Å². The minimum atomic E-state index is -6.07. The molecule has 0 spiro atoms. The maximum atomic E-state index is 13.3. The van der Waals surface area contributed by atoms with Crippen molar-refractivity contribution in [3.8, 4) is 62.5 Å². The Morgan fingerprint density at radius 3 is 1.05 bits per heavy atom. The summed E-state index contributed by atoms with van der Waals surface area (Å²) in [5.41, 5.74) is -11.6. The molecule has 7 aromatic carbocycles. The molecule has 0 amide bonds. The van der Waals surface area contributed by atoms with Gasteiger partial charge in [0.2, 0.25) is 39.3 Å². The molecular weight excluding hydrogens is 2210 g/mol. The van der Waals surface area contributed by atoms with Gasteiger partial charge in [-0.3, -0.25) is 99.0 Å². The van der Waals surface area contributed by atoms with Crippen LogP contribution in [0.2, 0.25) is 48.5 Å². The number of hydrogen-bond acceptors (Lipinski definition) is 35. The molecule has 4 heterocycles. The minimum absolute atomic E-state index is 0.0235. The molecule has 0 aliphatic rings. The summed E-state index contributed by atoms with van der Waals surface area (Å²) in [6.07, 6.45) is 10.6. The summed E-state index contributed by atoms with van der Waals surface area (Å²) in [7, 11) is -4.85. The molecule has 0 fully saturated rings. The topological polar surface area (TPSA) is 637 Å². The van der Waals surface area contributed by atoms with Crippen molar-refractivity contribution in [1.82, 2.24) is 0 Å². The Morgan fingerprint density at radius 2 is 0.741 bits per heavy atom. The van der Waals surface area contributed by atoms with Gasteiger partial charge in [-0.2, -0.15) is 21.6 Å². The van der Waals surface area contributed by atoms with Gasteiger partial charge in [-0.1, -0.05) is 69.6 Å². The van der Waals surface area contributed by atoms with Crippen molar-refractivity contribution in [2.24, 2.45) is 0 Å². The zero-order chi connectivity index (χ0) is 108. The van der Waals surface area contributed by atoms with Gasteiger partial charge in [0.25, 0.3) is 39.4 Å². The summed E-state index contributed by atoms with van der Waals surface area (Å²) < 4.78 is 101. The molecule has 0 aliphatic carbocycles. The maximum Gasteiger partial charge on any atom is 0.534 e. The minimum Gasteiger partial charge on any atom is -0.502 e. The summed E-state index contributed by atoms with van der Waals surface area (Å²) in [4.78, 5) is 186. The number of ether oxygens (including phenoxy) is 3. The Kier molecular flexibility index (Phi) is 45.9. The molecule has 143 heavy (non-hydrogen) atoms. The third-order valence-electron chi connectivity index (χ3n) is 18.5. The van der Waals surface area contributed by atoms with Gasteiger partial charge in [0.05, 0.1) is 65.3 Å². The van der Waals surface area contributed by atoms with Crippen LogP contribution in [0.15, 0.2) is 226 Å². The molecule has 43 nitrogen and oxygen atoms in total. The Morgan fingerprint density at radius 1 is 0.434 bits per heavy atom.